The summed E-state index contributed by atoms with van der Waals surface area (Å²) in [5.41, 5.74) is 8.13. The molecule has 3 heteroatoms. The molecule has 2 nitrogen and oxygen atoms in total. The van der Waals surface area contributed by atoms with E-state index in [1.807, 2.05) is 13.0 Å². The molecule has 1 aliphatic rings. The largest absolute Gasteiger partial charge is 0.370 e. The summed E-state index contributed by atoms with van der Waals surface area (Å²) in [7, 11) is 2.12. The fraction of sp³-hybridized carbons (Fsp3) is 0.538. The zero-order valence-corrected chi connectivity index (χ0v) is 10.7. The second-order valence-electron chi connectivity index (χ2n) is 4.81. The summed E-state index contributed by atoms with van der Waals surface area (Å²) in [6.07, 6.45) is 3.45. The normalized spacial score (nSPS) is 17.2. The molecule has 1 aromatic carbocycles. The molecule has 0 aliphatic heterocycles. The fourth-order valence-electron chi connectivity index (χ4n) is 1.99. The number of nitrogens with two attached hydrogens (primary N) is 1. The maximum absolute atomic E-state index is 6.30. The highest BCUT2D eigenvalue weighted by Gasteiger charge is 2.27. The predicted molar refractivity (Wildman–Crippen MR) is 70.2 cm³/mol. The van der Waals surface area contributed by atoms with Gasteiger partial charge in [-0.3, -0.25) is 0 Å². The van der Waals surface area contributed by atoms with Crippen LogP contribution in [0.15, 0.2) is 18.2 Å². The van der Waals surface area contributed by atoms with E-state index in [1.54, 1.807) is 0 Å². The van der Waals surface area contributed by atoms with Gasteiger partial charge >= 0.3 is 0 Å². The molecule has 1 aromatic rings. The minimum absolute atomic E-state index is 0.183. The van der Waals surface area contributed by atoms with Crippen molar-refractivity contribution in [2.24, 2.45) is 5.73 Å². The lowest BCUT2D eigenvalue weighted by Gasteiger charge is -2.20. The van der Waals surface area contributed by atoms with Crippen molar-refractivity contribution in [3.63, 3.8) is 0 Å². The first-order chi connectivity index (χ1) is 7.58. The first kappa shape index (κ1) is 11.7. The fourth-order valence-corrected chi connectivity index (χ4v) is 2.33. The molecule has 0 saturated heterocycles. The van der Waals surface area contributed by atoms with Crippen LogP contribution < -0.4 is 10.6 Å². The second-order valence-corrected chi connectivity index (χ2v) is 5.22. The molecule has 1 aliphatic carbocycles. The SMILES string of the molecule is CC(N)Cc1ccc(N(C)C2CC2)c(Cl)c1. The monoisotopic (exact) mass is 238 g/mol. The third kappa shape index (κ3) is 2.69. The molecule has 1 unspecified atom stereocenters. The van der Waals surface area contributed by atoms with Gasteiger partial charge in [-0.1, -0.05) is 17.7 Å². The van der Waals surface area contributed by atoms with E-state index < -0.39 is 0 Å². The van der Waals surface area contributed by atoms with Crippen molar-refractivity contribution in [2.75, 3.05) is 11.9 Å². The Morgan fingerprint density at radius 3 is 2.69 bits per heavy atom. The Balaban J connectivity index is 2.15. The summed E-state index contributed by atoms with van der Waals surface area (Å²) >= 11 is 6.30. The van der Waals surface area contributed by atoms with Crippen molar-refractivity contribution in [2.45, 2.75) is 38.3 Å². The van der Waals surface area contributed by atoms with Crippen LogP contribution in [0.2, 0.25) is 5.02 Å². The summed E-state index contributed by atoms with van der Waals surface area (Å²) in [6, 6.07) is 7.15. The predicted octanol–water partition coefficient (Wildman–Crippen LogP) is 2.83. The number of rotatable bonds is 4. The molecule has 0 bridgehead atoms. The van der Waals surface area contributed by atoms with Crippen molar-refractivity contribution < 1.29 is 0 Å². The standard InChI is InChI=1S/C13H19ClN2/c1-9(15)7-10-3-6-13(12(14)8-10)16(2)11-4-5-11/h3,6,8-9,11H,4-5,7,15H2,1-2H3. The van der Waals surface area contributed by atoms with Crippen molar-refractivity contribution >= 4 is 17.3 Å². The third-order valence-electron chi connectivity index (χ3n) is 3.04. The van der Waals surface area contributed by atoms with Gasteiger partial charge in [0.25, 0.3) is 0 Å². The number of hydrogen-bond donors (Lipinski definition) is 1. The van der Waals surface area contributed by atoms with Crippen LogP contribution in [0, 0.1) is 0 Å². The number of halogens is 1. The molecule has 2 rings (SSSR count). The van der Waals surface area contributed by atoms with Gasteiger partial charge in [-0.2, -0.15) is 0 Å². The Bertz CT molecular complexity index is 372. The van der Waals surface area contributed by atoms with Gasteiger partial charge in [-0.25, -0.2) is 0 Å². The van der Waals surface area contributed by atoms with Crippen LogP contribution in [-0.2, 0) is 6.42 Å². The van der Waals surface area contributed by atoms with Gasteiger partial charge in [0.2, 0.25) is 0 Å². The van der Waals surface area contributed by atoms with Gasteiger partial charge in [-0.05, 0) is 43.9 Å². The Labute approximate surface area is 102 Å². The molecule has 1 fully saturated rings. The van der Waals surface area contributed by atoms with Gasteiger partial charge < -0.3 is 10.6 Å². The van der Waals surface area contributed by atoms with E-state index in [-0.39, 0.29) is 6.04 Å². The molecule has 1 saturated carbocycles. The second kappa shape index (κ2) is 4.64. The molecule has 2 N–H and O–H groups in total. The average Bonchev–Trinajstić information content (AvgIpc) is 2.99. The highest BCUT2D eigenvalue weighted by Crippen LogP contribution is 2.34. The van der Waals surface area contributed by atoms with E-state index in [9.17, 15) is 0 Å². The molecule has 0 spiro atoms. The van der Waals surface area contributed by atoms with Gasteiger partial charge in [-0.15, -0.1) is 0 Å². The van der Waals surface area contributed by atoms with Crippen molar-refractivity contribution in [1.29, 1.82) is 0 Å². The molecular weight excluding hydrogens is 220 g/mol. The van der Waals surface area contributed by atoms with E-state index in [4.69, 9.17) is 17.3 Å². The summed E-state index contributed by atoms with van der Waals surface area (Å²) in [5.74, 6) is 0. The van der Waals surface area contributed by atoms with Crippen LogP contribution in [0.1, 0.15) is 25.3 Å². The number of hydrogen-bond acceptors (Lipinski definition) is 2. The van der Waals surface area contributed by atoms with Crippen LogP contribution in [0.5, 0.6) is 0 Å². The zero-order valence-electron chi connectivity index (χ0n) is 9.91. The average molecular weight is 239 g/mol. The Hall–Kier alpha value is -0.730. The minimum Gasteiger partial charge on any atom is -0.370 e. The number of benzene rings is 1. The van der Waals surface area contributed by atoms with Crippen LogP contribution >= 0.6 is 11.6 Å². The molecule has 0 radical (unpaired) electrons. The highest BCUT2D eigenvalue weighted by molar-refractivity contribution is 6.33. The third-order valence-corrected chi connectivity index (χ3v) is 3.35. The van der Waals surface area contributed by atoms with E-state index >= 15 is 0 Å². The molecule has 88 valence electrons. The molecule has 1 atom stereocenters. The molecular formula is C13H19ClN2. The van der Waals surface area contributed by atoms with Gasteiger partial charge in [0.15, 0.2) is 0 Å². The summed E-state index contributed by atoms with van der Waals surface area (Å²) in [6.45, 7) is 2.01. The minimum atomic E-state index is 0.183. The Morgan fingerprint density at radius 1 is 1.50 bits per heavy atom. The molecule has 0 aromatic heterocycles. The number of nitrogens with zero attached hydrogens (tertiary/aromatic N) is 1. The molecule has 16 heavy (non-hydrogen) atoms. The molecule has 0 amide bonds. The molecule has 0 heterocycles. The maximum atomic E-state index is 6.30. The van der Waals surface area contributed by atoms with E-state index in [0.717, 1.165) is 17.1 Å². The lowest BCUT2D eigenvalue weighted by molar-refractivity contribution is 0.738. The first-order valence-electron chi connectivity index (χ1n) is 5.85. The van der Waals surface area contributed by atoms with Crippen molar-refractivity contribution in [3.8, 4) is 0 Å². The van der Waals surface area contributed by atoms with Crippen LogP contribution in [0.3, 0.4) is 0 Å². The van der Waals surface area contributed by atoms with Crippen LogP contribution in [0.25, 0.3) is 0 Å². The summed E-state index contributed by atoms with van der Waals surface area (Å²) in [5, 5.41) is 0.840. The Kier molecular flexibility index (Phi) is 3.41. The van der Waals surface area contributed by atoms with Crippen LogP contribution in [0.4, 0.5) is 5.69 Å². The van der Waals surface area contributed by atoms with Crippen LogP contribution in [-0.4, -0.2) is 19.1 Å². The lowest BCUT2D eigenvalue weighted by Crippen LogP contribution is -2.20. The van der Waals surface area contributed by atoms with E-state index in [2.05, 4.69) is 24.1 Å². The number of anilines is 1. The van der Waals surface area contributed by atoms with Crippen molar-refractivity contribution in [1.82, 2.24) is 0 Å². The smallest absolute Gasteiger partial charge is 0.0642 e. The maximum Gasteiger partial charge on any atom is 0.0642 e. The Morgan fingerprint density at radius 2 is 2.19 bits per heavy atom. The van der Waals surface area contributed by atoms with Gasteiger partial charge in [0.1, 0.15) is 0 Å². The van der Waals surface area contributed by atoms with Gasteiger partial charge in [0, 0.05) is 19.1 Å². The topological polar surface area (TPSA) is 29.3 Å². The highest BCUT2D eigenvalue weighted by atomic mass is 35.5. The quantitative estimate of drug-likeness (QED) is 0.874. The van der Waals surface area contributed by atoms with E-state index in [1.165, 1.54) is 18.4 Å². The van der Waals surface area contributed by atoms with E-state index in [0.29, 0.717) is 6.04 Å². The summed E-state index contributed by atoms with van der Waals surface area (Å²) in [4.78, 5) is 2.28. The lowest BCUT2D eigenvalue weighted by atomic mass is 10.1. The van der Waals surface area contributed by atoms with Gasteiger partial charge in [0.05, 0.1) is 10.7 Å². The summed E-state index contributed by atoms with van der Waals surface area (Å²) < 4.78 is 0. The van der Waals surface area contributed by atoms with Crippen molar-refractivity contribution in [3.05, 3.63) is 28.8 Å². The first-order valence-corrected chi connectivity index (χ1v) is 6.22. The zero-order chi connectivity index (χ0) is 11.7.